The van der Waals surface area contributed by atoms with E-state index in [1.54, 1.807) is 0 Å². The molecule has 0 saturated heterocycles. The standard InChI is InChI=1S/C11H18N4O2S/c1-3-18-7-6-8(2)13-11-9(15(16)17)4-5-10(12)14-11/h4-5,8H,3,6-7H2,1-2H3,(H3,12,13,14). The fraction of sp³-hybridized carbons (Fsp3) is 0.545. The van der Waals surface area contributed by atoms with Gasteiger partial charge < -0.3 is 11.1 Å². The van der Waals surface area contributed by atoms with E-state index in [0.717, 1.165) is 17.9 Å². The van der Waals surface area contributed by atoms with Crippen LogP contribution in [0, 0.1) is 10.1 Å². The van der Waals surface area contributed by atoms with E-state index >= 15 is 0 Å². The third-order valence-electron chi connectivity index (χ3n) is 2.37. The van der Waals surface area contributed by atoms with Gasteiger partial charge in [-0.05, 0) is 30.9 Å². The number of nitrogen functional groups attached to an aromatic ring is 1. The number of nitrogens with two attached hydrogens (primary N) is 1. The van der Waals surface area contributed by atoms with Gasteiger partial charge in [0.05, 0.1) is 4.92 Å². The summed E-state index contributed by atoms with van der Waals surface area (Å²) >= 11 is 1.84. The zero-order valence-corrected chi connectivity index (χ0v) is 11.4. The number of rotatable bonds is 7. The van der Waals surface area contributed by atoms with Crippen molar-refractivity contribution in [1.82, 2.24) is 4.98 Å². The first-order valence-electron chi connectivity index (χ1n) is 5.79. The summed E-state index contributed by atoms with van der Waals surface area (Å²) in [4.78, 5) is 14.4. The van der Waals surface area contributed by atoms with E-state index in [9.17, 15) is 10.1 Å². The van der Waals surface area contributed by atoms with Gasteiger partial charge >= 0.3 is 5.69 Å². The van der Waals surface area contributed by atoms with Gasteiger partial charge in [0, 0.05) is 12.1 Å². The van der Waals surface area contributed by atoms with Crippen LogP contribution in [0.15, 0.2) is 12.1 Å². The van der Waals surface area contributed by atoms with Crippen LogP contribution in [0.5, 0.6) is 0 Å². The number of pyridine rings is 1. The van der Waals surface area contributed by atoms with Gasteiger partial charge in [-0.3, -0.25) is 10.1 Å². The number of nitro groups is 1. The Bertz CT molecular complexity index is 414. The number of anilines is 2. The van der Waals surface area contributed by atoms with Crippen molar-refractivity contribution in [2.45, 2.75) is 26.3 Å². The highest BCUT2D eigenvalue weighted by Gasteiger charge is 2.16. The molecular weight excluding hydrogens is 252 g/mol. The van der Waals surface area contributed by atoms with Crippen LogP contribution < -0.4 is 11.1 Å². The number of nitrogens with zero attached hydrogens (tertiary/aromatic N) is 2. The molecule has 0 aromatic carbocycles. The molecule has 0 aliphatic heterocycles. The maximum absolute atomic E-state index is 10.9. The molecule has 0 fully saturated rings. The van der Waals surface area contributed by atoms with Crippen molar-refractivity contribution in [1.29, 1.82) is 0 Å². The molecule has 1 aromatic rings. The number of hydrogen-bond donors (Lipinski definition) is 2. The van der Waals surface area contributed by atoms with Gasteiger partial charge in [-0.1, -0.05) is 6.92 Å². The van der Waals surface area contributed by atoms with Gasteiger partial charge in [0.15, 0.2) is 0 Å². The summed E-state index contributed by atoms with van der Waals surface area (Å²) in [6.07, 6.45) is 0.923. The van der Waals surface area contributed by atoms with E-state index in [2.05, 4.69) is 17.2 Å². The number of thioether (sulfide) groups is 1. The van der Waals surface area contributed by atoms with Crippen LogP contribution in [-0.2, 0) is 0 Å². The normalized spacial score (nSPS) is 12.1. The maximum atomic E-state index is 10.9. The fourth-order valence-corrected chi connectivity index (χ4v) is 2.24. The zero-order valence-electron chi connectivity index (χ0n) is 10.5. The Balaban J connectivity index is 2.70. The first-order chi connectivity index (χ1) is 8.54. The van der Waals surface area contributed by atoms with Crippen LogP contribution >= 0.6 is 11.8 Å². The summed E-state index contributed by atoms with van der Waals surface area (Å²) in [6.45, 7) is 4.08. The Morgan fingerprint density at radius 3 is 2.94 bits per heavy atom. The molecule has 18 heavy (non-hydrogen) atoms. The second kappa shape index (κ2) is 7.05. The van der Waals surface area contributed by atoms with Gasteiger partial charge in [-0.15, -0.1) is 0 Å². The zero-order chi connectivity index (χ0) is 13.5. The summed E-state index contributed by atoms with van der Waals surface area (Å²) < 4.78 is 0. The summed E-state index contributed by atoms with van der Waals surface area (Å²) in [5, 5.41) is 13.9. The van der Waals surface area contributed by atoms with Crippen molar-refractivity contribution < 1.29 is 4.92 Å². The minimum Gasteiger partial charge on any atom is -0.384 e. The molecule has 1 heterocycles. The van der Waals surface area contributed by atoms with Gasteiger partial charge in [0.25, 0.3) is 0 Å². The fourth-order valence-electron chi connectivity index (χ4n) is 1.43. The van der Waals surface area contributed by atoms with Crippen LogP contribution in [0.4, 0.5) is 17.3 Å². The number of aromatic nitrogens is 1. The molecule has 0 aliphatic rings. The van der Waals surface area contributed by atoms with Gasteiger partial charge in [-0.2, -0.15) is 11.8 Å². The van der Waals surface area contributed by atoms with E-state index in [-0.39, 0.29) is 23.4 Å². The van der Waals surface area contributed by atoms with Crippen LogP contribution in [0.1, 0.15) is 20.3 Å². The van der Waals surface area contributed by atoms with Crippen LogP contribution in [0.25, 0.3) is 0 Å². The molecule has 1 atom stereocenters. The summed E-state index contributed by atoms with van der Waals surface area (Å²) in [7, 11) is 0. The number of nitrogens with one attached hydrogen (secondary N) is 1. The largest absolute Gasteiger partial charge is 0.384 e. The Morgan fingerprint density at radius 2 is 2.33 bits per heavy atom. The summed E-state index contributed by atoms with van der Waals surface area (Å²) in [5.74, 6) is 2.61. The van der Waals surface area contributed by atoms with Gasteiger partial charge in [0.2, 0.25) is 5.82 Å². The van der Waals surface area contributed by atoms with E-state index in [1.807, 2.05) is 18.7 Å². The molecule has 0 spiro atoms. The lowest BCUT2D eigenvalue weighted by atomic mass is 10.2. The molecule has 6 nitrogen and oxygen atoms in total. The first-order valence-corrected chi connectivity index (χ1v) is 6.95. The maximum Gasteiger partial charge on any atom is 0.311 e. The van der Waals surface area contributed by atoms with Crippen molar-refractivity contribution in [3.8, 4) is 0 Å². The molecule has 0 radical (unpaired) electrons. The molecular formula is C11H18N4O2S. The van der Waals surface area contributed by atoms with Crippen molar-refractivity contribution in [2.24, 2.45) is 0 Å². The average Bonchev–Trinajstić information content (AvgIpc) is 2.29. The molecule has 3 N–H and O–H groups in total. The lowest BCUT2D eigenvalue weighted by Gasteiger charge is -2.14. The lowest BCUT2D eigenvalue weighted by molar-refractivity contribution is -0.384. The third kappa shape index (κ3) is 4.40. The van der Waals surface area contributed by atoms with Crippen molar-refractivity contribution in [2.75, 3.05) is 22.6 Å². The van der Waals surface area contributed by atoms with Crippen molar-refractivity contribution in [3.05, 3.63) is 22.2 Å². The van der Waals surface area contributed by atoms with Gasteiger partial charge in [0.1, 0.15) is 5.82 Å². The second-order valence-corrected chi connectivity index (χ2v) is 5.29. The topological polar surface area (TPSA) is 94.1 Å². The summed E-state index contributed by atoms with van der Waals surface area (Å²) in [6, 6.07) is 2.93. The average molecular weight is 270 g/mol. The molecule has 0 amide bonds. The van der Waals surface area contributed by atoms with Crippen LogP contribution in [0.3, 0.4) is 0 Å². The van der Waals surface area contributed by atoms with Crippen LogP contribution in [-0.4, -0.2) is 27.5 Å². The predicted octanol–water partition coefficient (Wildman–Crippen LogP) is 2.52. The van der Waals surface area contributed by atoms with E-state index < -0.39 is 4.92 Å². The minimum absolute atomic E-state index is 0.0424. The Kier molecular flexibility index (Phi) is 5.70. The van der Waals surface area contributed by atoms with Gasteiger partial charge in [-0.25, -0.2) is 4.98 Å². The summed E-state index contributed by atoms with van der Waals surface area (Å²) in [5.41, 5.74) is 5.50. The molecule has 1 aromatic heterocycles. The quantitative estimate of drug-likeness (QED) is 0.449. The van der Waals surface area contributed by atoms with E-state index in [4.69, 9.17) is 5.73 Å². The Morgan fingerprint density at radius 1 is 1.61 bits per heavy atom. The van der Waals surface area contributed by atoms with Crippen molar-refractivity contribution in [3.63, 3.8) is 0 Å². The highest BCUT2D eigenvalue weighted by molar-refractivity contribution is 7.99. The van der Waals surface area contributed by atoms with E-state index in [1.165, 1.54) is 12.1 Å². The molecule has 100 valence electrons. The molecule has 0 saturated carbocycles. The molecule has 1 rings (SSSR count). The molecule has 0 bridgehead atoms. The van der Waals surface area contributed by atoms with E-state index in [0.29, 0.717) is 0 Å². The smallest absolute Gasteiger partial charge is 0.311 e. The minimum atomic E-state index is -0.456. The highest BCUT2D eigenvalue weighted by Crippen LogP contribution is 2.24. The first kappa shape index (κ1) is 14.6. The third-order valence-corrected chi connectivity index (χ3v) is 3.31. The lowest BCUT2D eigenvalue weighted by Crippen LogP contribution is -2.18. The molecule has 0 aliphatic carbocycles. The molecule has 7 heteroatoms. The highest BCUT2D eigenvalue weighted by atomic mass is 32.2. The SMILES string of the molecule is CCSCCC(C)Nc1nc(N)ccc1[N+](=O)[O-]. The Labute approximate surface area is 111 Å². The van der Waals surface area contributed by atoms with Crippen molar-refractivity contribution >= 4 is 29.1 Å². The van der Waals surface area contributed by atoms with Crippen LogP contribution in [0.2, 0.25) is 0 Å². The molecule has 1 unspecified atom stereocenters. The number of hydrogen-bond acceptors (Lipinski definition) is 6. The predicted molar refractivity (Wildman–Crippen MR) is 76.0 cm³/mol. The second-order valence-electron chi connectivity index (χ2n) is 3.89. The Hall–Kier alpha value is -1.50. The monoisotopic (exact) mass is 270 g/mol.